The van der Waals surface area contributed by atoms with Crippen molar-refractivity contribution in [3.05, 3.63) is 82.8 Å². The summed E-state index contributed by atoms with van der Waals surface area (Å²) in [6.45, 7) is 6.07. The summed E-state index contributed by atoms with van der Waals surface area (Å²) in [6.07, 6.45) is 8.11. The molecule has 180 valence electrons. The number of benzene rings is 1. The van der Waals surface area contributed by atoms with E-state index in [9.17, 15) is 10.2 Å². The summed E-state index contributed by atoms with van der Waals surface area (Å²) in [5.41, 5.74) is 5.40. The average molecular weight is 482 g/mol. The number of rotatable bonds is 11. The molecule has 2 aromatic heterocycles. The largest absolute Gasteiger partial charge is 0.487 e. The van der Waals surface area contributed by atoms with E-state index in [1.54, 1.807) is 18.5 Å². The molecule has 7 heteroatoms. The van der Waals surface area contributed by atoms with Crippen molar-refractivity contribution < 1.29 is 14.9 Å². The molecule has 0 radical (unpaired) electrons. The number of fused-ring (bicyclic) bond motifs is 1. The van der Waals surface area contributed by atoms with Gasteiger partial charge < -0.3 is 19.8 Å². The van der Waals surface area contributed by atoms with Crippen molar-refractivity contribution in [3.8, 4) is 5.75 Å². The lowest BCUT2D eigenvalue weighted by Crippen LogP contribution is -2.11. The van der Waals surface area contributed by atoms with Gasteiger partial charge in [0.15, 0.2) is 0 Å². The third kappa shape index (κ3) is 5.76. The Balaban J connectivity index is 2.04. The summed E-state index contributed by atoms with van der Waals surface area (Å²) in [5.74, 6) is 0.588. The Hall–Kier alpha value is -2.93. The van der Waals surface area contributed by atoms with Crippen molar-refractivity contribution in [2.24, 2.45) is 0 Å². The summed E-state index contributed by atoms with van der Waals surface area (Å²) in [7, 11) is 4.00. The lowest BCUT2D eigenvalue weighted by Gasteiger charge is -2.21. The van der Waals surface area contributed by atoms with Gasteiger partial charge in [0.05, 0.1) is 5.02 Å². The topological polar surface area (TPSA) is 78.7 Å². The van der Waals surface area contributed by atoms with Gasteiger partial charge in [0, 0.05) is 67.6 Å². The molecule has 0 fully saturated rings. The van der Waals surface area contributed by atoms with E-state index in [2.05, 4.69) is 22.5 Å². The predicted octanol–water partition coefficient (Wildman–Crippen LogP) is 5.11. The van der Waals surface area contributed by atoms with Gasteiger partial charge in [-0.05, 0) is 49.5 Å². The van der Waals surface area contributed by atoms with Crippen molar-refractivity contribution in [3.63, 3.8) is 0 Å². The molecule has 0 unspecified atom stereocenters. The first-order valence-corrected chi connectivity index (χ1v) is 11.7. The van der Waals surface area contributed by atoms with Crippen LogP contribution in [0, 0.1) is 6.92 Å². The third-order valence-electron chi connectivity index (χ3n) is 5.77. The van der Waals surface area contributed by atoms with Crippen LogP contribution in [0.2, 0.25) is 5.02 Å². The summed E-state index contributed by atoms with van der Waals surface area (Å²) >= 11 is 6.51. The smallest absolute Gasteiger partial charge is 0.146 e. The number of allylic oxidation sites excluding steroid dienone is 2. The van der Waals surface area contributed by atoms with Crippen LogP contribution in [0.4, 0.5) is 0 Å². The molecule has 0 saturated carbocycles. The van der Waals surface area contributed by atoms with Crippen LogP contribution >= 0.6 is 11.6 Å². The third-order valence-corrected chi connectivity index (χ3v) is 6.09. The molecule has 0 atom stereocenters. The molecular formula is C27H32ClN3O3. The highest BCUT2D eigenvalue weighted by atomic mass is 35.5. The first-order valence-electron chi connectivity index (χ1n) is 11.3. The number of hydrogen-bond donors (Lipinski definition) is 2. The number of pyridine rings is 2. The molecule has 2 N–H and O–H groups in total. The Morgan fingerprint density at radius 1 is 1.21 bits per heavy atom. The van der Waals surface area contributed by atoms with Crippen molar-refractivity contribution in [1.29, 1.82) is 0 Å². The van der Waals surface area contributed by atoms with E-state index >= 15 is 0 Å². The molecule has 0 spiro atoms. The standard InChI is InChI=1S/C27H32ClN3O3/c1-5-7-25(31(3)4)21-14-18(2)30-27-20(21)8-6-9-26(27)34-17-23-22(15-29-16-24(23)28)19(10-12-32)11-13-33/h5-9,14-16,19,32-33H,1,10-13,17H2,2-4H3/b25-7-. The predicted molar refractivity (Wildman–Crippen MR) is 138 cm³/mol. The van der Waals surface area contributed by atoms with E-state index in [1.165, 1.54) is 0 Å². The Bertz CT molecular complexity index is 1170. The van der Waals surface area contributed by atoms with Gasteiger partial charge in [0.2, 0.25) is 0 Å². The average Bonchev–Trinajstić information content (AvgIpc) is 2.81. The molecule has 0 bridgehead atoms. The zero-order valence-electron chi connectivity index (χ0n) is 20.0. The zero-order valence-corrected chi connectivity index (χ0v) is 20.7. The number of halogens is 1. The minimum Gasteiger partial charge on any atom is -0.487 e. The number of aliphatic hydroxyl groups is 2. The van der Waals surface area contributed by atoms with Crippen LogP contribution in [0.15, 0.2) is 55.4 Å². The van der Waals surface area contributed by atoms with Gasteiger partial charge in [-0.1, -0.05) is 36.4 Å². The van der Waals surface area contributed by atoms with E-state index in [4.69, 9.17) is 21.3 Å². The van der Waals surface area contributed by atoms with Gasteiger partial charge in [-0.15, -0.1) is 0 Å². The number of nitrogens with zero attached hydrogens (tertiary/aromatic N) is 3. The highest BCUT2D eigenvalue weighted by Gasteiger charge is 2.19. The molecule has 6 nitrogen and oxygen atoms in total. The van der Waals surface area contributed by atoms with Crippen molar-refractivity contribution >= 4 is 28.2 Å². The highest BCUT2D eigenvalue weighted by Crippen LogP contribution is 2.34. The highest BCUT2D eigenvalue weighted by molar-refractivity contribution is 6.31. The molecule has 0 saturated heterocycles. The molecule has 3 aromatic rings. The summed E-state index contributed by atoms with van der Waals surface area (Å²) in [6, 6.07) is 7.95. The van der Waals surface area contributed by atoms with Crippen molar-refractivity contribution in [1.82, 2.24) is 14.9 Å². The molecule has 34 heavy (non-hydrogen) atoms. The fourth-order valence-electron chi connectivity index (χ4n) is 4.17. The SMILES string of the molecule is C=C/C=C(/c1cc(C)nc2c(OCc3c(Cl)cncc3C(CCO)CCO)cccc12)N(C)C. The monoisotopic (exact) mass is 481 g/mol. The van der Waals surface area contributed by atoms with Crippen molar-refractivity contribution in [2.75, 3.05) is 27.3 Å². The van der Waals surface area contributed by atoms with Crippen LogP contribution in [0.1, 0.15) is 41.1 Å². The maximum absolute atomic E-state index is 9.50. The summed E-state index contributed by atoms with van der Waals surface area (Å²) in [4.78, 5) is 11.1. The zero-order chi connectivity index (χ0) is 24.7. The Morgan fingerprint density at radius 3 is 2.59 bits per heavy atom. The van der Waals surface area contributed by atoms with Gasteiger partial charge >= 0.3 is 0 Å². The quantitative estimate of drug-likeness (QED) is 0.370. The van der Waals surface area contributed by atoms with Crippen LogP contribution in [0.25, 0.3) is 16.6 Å². The Kier molecular flexibility index (Phi) is 9.05. The second-order valence-corrected chi connectivity index (χ2v) is 8.75. The van der Waals surface area contributed by atoms with E-state index in [0.717, 1.165) is 39.0 Å². The maximum atomic E-state index is 9.50. The number of aliphatic hydroxyl groups excluding tert-OH is 2. The molecule has 0 aliphatic carbocycles. The lowest BCUT2D eigenvalue weighted by molar-refractivity contribution is 0.240. The number of aryl methyl sites for hydroxylation is 1. The molecule has 0 amide bonds. The second-order valence-electron chi connectivity index (χ2n) is 8.34. The van der Waals surface area contributed by atoms with E-state index in [-0.39, 0.29) is 25.7 Å². The maximum Gasteiger partial charge on any atom is 0.146 e. The normalized spacial score (nSPS) is 11.8. The van der Waals surface area contributed by atoms with Crippen LogP contribution in [-0.2, 0) is 6.61 Å². The fraction of sp³-hybridized carbons (Fsp3) is 0.333. The fourth-order valence-corrected chi connectivity index (χ4v) is 4.39. The number of hydrogen-bond acceptors (Lipinski definition) is 6. The number of aromatic nitrogens is 2. The number of ether oxygens (including phenoxy) is 1. The minimum atomic E-state index is -0.0639. The van der Waals surface area contributed by atoms with E-state index < -0.39 is 0 Å². The first-order chi connectivity index (χ1) is 16.4. The van der Waals surface area contributed by atoms with Gasteiger partial charge in [-0.2, -0.15) is 0 Å². The summed E-state index contributed by atoms with van der Waals surface area (Å²) < 4.78 is 6.29. The molecular weight excluding hydrogens is 450 g/mol. The molecule has 2 heterocycles. The van der Waals surface area contributed by atoms with Gasteiger partial charge in [0.1, 0.15) is 17.9 Å². The first kappa shape index (κ1) is 25.7. The Morgan fingerprint density at radius 2 is 1.94 bits per heavy atom. The van der Waals surface area contributed by atoms with Crippen LogP contribution in [0.5, 0.6) is 5.75 Å². The van der Waals surface area contributed by atoms with Crippen LogP contribution in [-0.4, -0.2) is 52.4 Å². The summed E-state index contributed by atoms with van der Waals surface area (Å²) in [5, 5.41) is 20.5. The second kappa shape index (κ2) is 12.0. The Labute approximate surface area is 206 Å². The van der Waals surface area contributed by atoms with Gasteiger partial charge in [0.25, 0.3) is 0 Å². The van der Waals surface area contributed by atoms with Crippen LogP contribution in [0.3, 0.4) is 0 Å². The van der Waals surface area contributed by atoms with Crippen LogP contribution < -0.4 is 4.74 Å². The number of para-hydroxylation sites is 1. The van der Waals surface area contributed by atoms with E-state index in [0.29, 0.717) is 23.6 Å². The van der Waals surface area contributed by atoms with Crippen molar-refractivity contribution in [2.45, 2.75) is 32.3 Å². The van der Waals surface area contributed by atoms with Gasteiger partial charge in [-0.25, -0.2) is 4.98 Å². The van der Waals surface area contributed by atoms with Gasteiger partial charge in [-0.3, -0.25) is 4.98 Å². The molecule has 3 rings (SSSR count). The molecule has 0 aliphatic rings. The lowest BCUT2D eigenvalue weighted by atomic mass is 9.91. The molecule has 0 aliphatic heterocycles. The minimum absolute atomic E-state index is 0.0131. The van der Waals surface area contributed by atoms with E-state index in [1.807, 2.05) is 45.3 Å². The molecule has 1 aromatic carbocycles.